The first-order valence-corrected chi connectivity index (χ1v) is 9.55. The van der Waals surface area contributed by atoms with Crippen LogP contribution in [-0.4, -0.2) is 69.4 Å². The standard InChI is InChI=1S/C18H19F5N6O/c19-17(20)4-12(5-24)29(9-17)15(30)14-3-11(7-25-14)28-2-1-13-10(8-28)6-26-16(27-13)18(21,22)23/h6,11-12,14,25H,1-4,7-9H2/t11-,12-,14-/m0/s1. The molecule has 30 heavy (non-hydrogen) atoms. The van der Waals surface area contributed by atoms with Crippen molar-refractivity contribution in [1.29, 1.82) is 5.26 Å². The average molecular weight is 430 g/mol. The summed E-state index contributed by atoms with van der Waals surface area (Å²) >= 11 is 0. The van der Waals surface area contributed by atoms with E-state index in [2.05, 4.69) is 15.3 Å². The second-order valence-electron chi connectivity index (χ2n) is 7.91. The van der Waals surface area contributed by atoms with Gasteiger partial charge in [0.1, 0.15) is 6.04 Å². The van der Waals surface area contributed by atoms with Gasteiger partial charge < -0.3 is 10.2 Å². The number of aromatic nitrogens is 2. The Balaban J connectivity index is 1.40. The number of nitrogens with one attached hydrogen (secondary N) is 1. The Morgan fingerprint density at radius 1 is 1.37 bits per heavy atom. The first kappa shape index (κ1) is 20.9. The molecule has 4 rings (SSSR count). The fraction of sp³-hybridized carbons (Fsp3) is 0.667. The third kappa shape index (κ3) is 3.96. The zero-order valence-electron chi connectivity index (χ0n) is 15.8. The number of likely N-dealkylation sites (tertiary alicyclic amines) is 1. The lowest BCUT2D eigenvalue weighted by Gasteiger charge is -2.32. The lowest BCUT2D eigenvalue weighted by atomic mass is 10.0. The number of nitriles is 1. The number of halogens is 5. The predicted octanol–water partition coefficient (Wildman–Crippen LogP) is 1.34. The summed E-state index contributed by atoms with van der Waals surface area (Å²) in [6, 6.07) is -0.137. The molecule has 1 amide bonds. The van der Waals surface area contributed by atoms with Gasteiger partial charge in [-0.25, -0.2) is 18.7 Å². The van der Waals surface area contributed by atoms with E-state index in [1.165, 1.54) is 6.20 Å². The van der Waals surface area contributed by atoms with Gasteiger partial charge in [0.25, 0.3) is 5.92 Å². The van der Waals surface area contributed by atoms with Crippen molar-refractivity contribution in [3.8, 4) is 6.07 Å². The number of alkyl halides is 5. The van der Waals surface area contributed by atoms with Crippen LogP contribution in [0.1, 0.15) is 29.9 Å². The van der Waals surface area contributed by atoms with E-state index in [9.17, 15) is 26.7 Å². The molecule has 4 heterocycles. The van der Waals surface area contributed by atoms with Gasteiger partial charge in [0.2, 0.25) is 11.7 Å². The predicted molar refractivity (Wildman–Crippen MR) is 92.0 cm³/mol. The van der Waals surface area contributed by atoms with Crippen molar-refractivity contribution < 1.29 is 26.7 Å². The molecule has 0 saturated carbocycles. The van der Waals surface area contributed by atoms with Crippen molar-refractivity contribution in [2.45, 2.75) is 56.0 Å². The van der Waals surface area contributed by atoms with E-state index >= 15 is 0 Å². The minimum atomic E-state index is -4.59. The minimum absolute atomic E-state index is 0.0851. The summed E-state index contributed by atoms with van der Waals surface area (Å²) < 4.78 is 65.6. The largest absolute Gasteiger partial charge is 0.451 e. The molecular formula is C18H19F5N6O. The smallest absolute Gasteiger partial charge is 0.319 e. The van der Waals surface area contributed by atoms with Crippen LogP contribution in [-0.2, 0) is 23.9 Å². The van der Waals surface area contributed by atoms with Crippen molar-refractivity contribution >= 4 is 5.91 Å². The number of amides is 1. The van der Waals surface area contributed by atoms with Gasteiger partial charge in [-0.05, 0) is 6.42 Å². The summed E-state index contributed by atoms with van der Waals surface area (Å²) in [5.74, 6) is -4.74. The molecule has 0 unspecified atom stereocenters. The molecule has 1 N–H and O–H groups in total. The molecule has 162 valence electrons. The maximum Gasteiger partial charge on any atom is 0.451 e. The van der Waals surface area contributed by atoms with Crippen LogP contribution >= 0.6 is 0 Å². The highest BCUT2D eigenvalue weighted by Crippen LogP contribution is 2.33. The van der Waals surface area contributed by atoms with E-state index in [0.717, 1.165) is 4.90 Å². The topological polar surface area (TPSA) is 85.2 Å². The van der Waals surface area contributed by atoms with Crippen molar-refractivity contribution in [3.05, 3.63) is 23.3 Å². The zero-order chi connectivity index (χ0) is 21.7. The van der Waals surface area contributed by atoms with Gasteiger partial charge in [0.15, 0.2) is 0 Å². The second-order valence-corrected chi connectivity index (χ2v) is 7.91. The monoisotopic (exact) mass is 430 g/mol. The Kier molecular flexibility index (Phi) is 5.14. The number of hydrogen-bond donors (Lipinski definition) is 1. The van der Waals surface area contributed by atoms with E-state index in [1.54, 1.807) is 6.07 Å². The van der Waals surface area contributed by atoms with Gasteiger partial charge >= 0.3 is 6.18 Å². The normalized spacial score (nSPS) is 28.9. The third-order valence-corrected chi connectivity index (χ3v) is 5.84. The highest BCUT2D eigenvalue weighted by atomic mass is 19.4. The second kappa shape index (κ2) is 7.39. The van der Waals surface area contributed by atoms with Crippen molar-refractivity contribution in [3.63, 3.8) is 0 Å². The molecule has 2 fully saturated rings. The van der Waals surface area contributed by atoms with Gasteiger partial charge in [-0.1, -0.05) is 0 Å². The number of nitrogens with zero attached hydrogens (tertiary/aromatic N) is 5. The lowest BCUT2D eigenvalue weighted by Crippen LogP contribution is -2.46. The van der Waals surface area contributed by atoms with Crippen LogP contribution in [0.5, 0.6) is 0 Å². The summed E-state index contributed by atoms with van der Waals surface area (Å²) in [6.45, 7) is 0.498. The van der Waals surface area contributed by atoms with Crippen LogP contribution in [0.15, 0.2) is 6.20 Å². The fourth-order valence-corrected chi connectivity index (χ4v) is 4.33. The molecule has 3 atom stereocenters. The maximum atomic E-state index is 13.6. The SMILES string of the molecule is N#C[C@@H]1CC(F)(F)CN1C(=O)[C@@H]1C[C@H](N2CCc3nc(C(F)(F)F)ncc3C2)CN1. The molecule has 1 aromatic heterocycles. The fourth-order valence-electron chi connectivity index (χ4n) is 4.33. The number of rotatable bonds is 2. The number of hydrogen-bond acceptors (Lipinski definition) is 6. The van der Waals surface area contributed by atoms with Gasteiger partial charge in [-0.3, -0.25) is 9.69 Å². The molecule has 0 radical (unpaired) electrons. The van der Waals surface area contributed by atoms with E-state index in [1.807, 2.05) is 4.90 Å². The zero-order valence-corrected chi connectivity index (χ0v) is 15.8. The van der Waals surface area contributed by atoms with Crippen LogP contribution in [0.3, 0.4) is 0 Å². The van der Waals surface area contributed by atoms with Gasteiger partial charge in [-0.15, -0.1) is 0 Å². The molecular weight excluding hydrogens is 411 g/mol. The Bertz CT molecular complexity index is 885. The molecule has 0 bridgehead atoms. The summed E-state index contributed by atoms with van der Waals surface area (Å²) in [5, 5.41) is 12.1. The highest BCUT2D eigenvalue weighted by Gasteiger charge is 2.49. The first-order chi connectivity index (χ1) is 14.1. The van der Waals surface area contributed by atoms with Crippen LogP contribution < -0.4 is 5.32 Å². The number of carbonyl (C=O) groups excluding carboxylic acids is 1. The molecule has 0 aliphatic carbocycles. The van der Waals surface area contributed by atoms with Crippen molar-refractivity contribution in [2.24, 2.45) is 0 Å². The third-order valence-electron chi connectivity index (χ3n) is 5.84. The van der Waals surface area contributed by atoms with Gasteiger partial charge in [0, 0.05) is 50.3 Å². The molecule has 12 heteroatoms. The molecule has 7 nitrogen and oxygen atoms in total. The van der Waals surface area contributed by atoms with Crippen LogP contribution in [0.2, 0.25) is 0 Å². The summed E-state index contributed by atoms with van der Waals surface area (Å²) in [7, 11) is 0. The molecule has 1 aromatic rings. The lowest BCUT2D eigenvalue weighted by molar-refractivity contribution is -0.145. The first-order valence-electron chi connectivity index (χ1n) is 9.55. The van der Waals surface area contributed by atoms with E-state index in [0.29, 0.717) is 43.7 Å². The quantitative estimate of drug-likeness (QED) is 0.713. The Morgan fingerprint density at radius 2 is 2.13 bits per heavy atom. The highest BCUT2D eigenvalue weighted by molar-refractivity contribution is 5.83. The minimum Gasteiger partial charge on any atom is -0.319 e. The molecule has 3 aliphatic heterocycles. The van der Waals surface area contributed by atoms with Gasteiger partial charge in [-0.2, -0.15) is 18.4 Å². The molecule has 2 saturated heterocycles. The summed E-state index contributed by atoms with van der Waals surface area (Å²) in [5.41, 5.74) is 0.969. The number of carbonyl (C=O) groups is 1. The van der Waals surface area contributed by atoms with E-state index < -0.39 is 48.9 Å². The summed E-state index contributed by atoms with van der Waals surface area (Å²) in [4.78, 5) is 22.7. The van der Waals surface area contributed by atoms with Crippen molar-refractivity contribution in [2.75, 3.05) is 19.6 Å². The Hall–Kier alpha value is -2.39. The number of fused-ring (bicyclic) bond motifs is 1. The van der Waals surface area contributed by atoms with Gasteiger partial charge in [0.05, 0.1) is 24.3 Å². The van der Waals surface area contributed by atoms with Crippen molar-refractivity contribution in [1.82, 2.24) is 25.1 Å². The Morgan fingerprint density at radius 3 is 2.83 bits per heavy atom. The van der Waals surface area contributed by atoms with E-state index in [-0.39, 0.29) is 6.04 Å². The summed E-state index contributed by atoms with van der Waals surface area (Å²) in [6.07, 6.45) is -3.37. The molecule has 0 aromatic carbocycles. The Labute approximate surface area is 168 Å². The van der Waals surface area contributed by atoms with E-state index in [4.69, 9.17) is 5.26 Å². The van der Waals surface area contributed by atoms with Crippen LogP contribution in [0.25, 0.3) is 0 Å². The molecule has 0 spiro atoms. The van der Waals surface area contributed by atoms with Crippen LogP contribution in [0.4, 0.5) is 22.0 Å². The maximum absolute atomic E-state index is 13.6. The average Bonchev–Trinajstić information content (AvgIpc) is 3.30. The van der Waals surface area contributed by atoms with Crippen LogP contribution in [0, 0.1) is 11.3 Å². The molecule has 3 aliphatic rings.